The minimum Gasteiger partial charge on any atom is -0.377 e. The summed E-state index contributed by atoms with van der Waals surface area (Å²) in [6.45, 7) is 3.28. The lowest BCUT2D eigenvalue weighted by Crippen LogP contribution is -2.43. The molecule has 0 spiro atoms. The zero-order valence-electron chi connectivity index (χ0n) is 7.81. The van der Waals surface area contributed by atoms with Crippen molar-refractivity contribution in [2.45, 2.75) is 31.8 Å². The molecule has 0 heterocycles. The van der Waals surface area contributed by atoms with E-state index in [9.17, 15) is 0 Å². The van der Waals surface area contributed by atoms with E-state index in [-0.39, 0.29) is 5.60 Å². The average Bonchev–Trinajstić information content (AvgIpc) is 2.35. The van der Waals surface area contributed by atoms with Gasteiger partial charge in [-0.15, -0.1) is 0 Å². The summed E-state index contributed by atoms with van der Waals surface area (Å²) in [6, 6.07) is 0. The Kier molecular flexibility index (Phi) is 2.90. The molecule has 1 aliphatic rings. The normalized spacial score (nSPS) is 37.9. The van der Waals surface area contributed by atoms with Crippen molar-refractivity contribution in [1.82, 2.24) is 5.32 Å². The number of likely N-dealkylation sites (N-methyl/N-ethyl adjacent to an activating group) is 1. The summed E-state index contributed by atoms with van der Waals surface area (Å²) in [7, 11) is 3.82. The van der Waals surface area contributed by atoms with Gasteiger partial charge >= 0.3 is 0 Å². The first-order valence-electron chi connectivity index (χ1n) is 4.45. The minimum atomic E-state index is 0.134. The molecule has 0 radical (unpaired) electrons. The summed E-state index contributed by atoms with van der Waals surface area (Å²) in [6.07, 6.45) is 3.84. The van der Waals surface area contributed by atoms with Gasteiger partial charge < -0.3 is 10.1 Å². The first-order chi connectivity index (χ1) is 5.25. The van der Waals surface area contributed by atoms with Crippen LogP contribution in [-0.2, 0) is 4.74 Å². The standard InChI is InChI=1S/C9H19NO/c1-8-5-4-6-9(8,11-3)7-10-2/h8,10H,4-7H2,1-3H3. The second-order valence-corrected chi connectivity index (χ2v) is 3.59. The lowest BCUT2D eigenvalue weighted by atomic mass is 9.92. The minimum absolute atomic E-state index is 0.134. The highest BCUT2D eigenvalue weighted by Crippen LogP contribution is 2.37. The lowest BCUT2D eigenvalue weighted by Gasteiger charge is -2.32. The van der Waals surface area contributed by atoms with Crippen molar-refractivity contribution < 1.29 is 4.74 Å². The van der Waals surface area contributed by atoms with Crippen molar-refractivity contribution in [2.75, 3.05) is 20.7 Å². The molecule has 0 aromatic heterocycles. The van der Waals surface area contributed by atoms with E-state index in [1.165, 1.54) is 19.3 Å². The number of hydrogen-bond donors (Lipinski definition) is 1. The van der Waals surface area contributed by atoms with Crippen LogP contribution in [0.4, 0.5) is 0 Å². The van der Waals surface area contributed by atoms with Crippen molar-refractivity contribution in [3.8, 4) is 0 Å². The van der Waals surface area contributed by atoms with E-state index in [0.717, 1.165) is 6.54 Å². The predicted octanol–water partition coefficient (Wildman–Crippen LogP) is 1.41. The smallest absolute Gasteiger partial charge is 0.0827 e. The number of rotatable bonds is 3. The van der Waals surface area contributed by atoms with Gasteiger partial charge in [0.1, 0.15) is 0 Å². The highest BCUT2D eigenvalue weighted by Gasteiger charge is 2.39. The van der Waals surface area contributed by atoms with Gasteiger partial charge in [0.25, 0.3) is 0 Å². The Bertz CT molecular complexity index is 127. The SMILES string of the molecule is CNCC1(OC)CCCC1C. The summed E-state index contributed by atoms with van der Waals surface area (Å²) in [5, 5.41) is 3.21. The Hall–Kier alpha value is -0.0800. The van der Waals surface area contributed by atoms with E-state index in [2.05, 4.69) is 12.2 Å². The Morgan fingerprint density at radius 1 is 1.64 bits per heavy atom. The molecule has 1 rings (SSSR count). The fourth-order valence-corrected chi connectivity index (χ4v) is 2.15. The lowest BCUT2D eigenvalue weighted by molar-refractivity contribution is -0.0332. The molecule has 1 aliphatic carbocycles. The van der Waals surface area contributed by atoms with Crippen LogP contribution in [0.2, 0.25) is 0 Å². The van der Waals surface area contributed by atoms with Crippen LogP contribution in [-0.4, -0.2) is 26.3 Å². The van der Waals surface area contributed by atoms with Crippen LogP contribution < -0.4 is 5.32 Å². The van der Waals surface area contributed by atoms with Gasteiger partial charge in [-0.25, -0.2) is 0 Å². The van der Waals surface area contributed by atoms with Crippen LogP contribution in [0.15, 0.2) is 0 Å². The van der Waals surface area contributed by atoms with E-state index in [4.69, 9.17) is 4.74 Å². The molecule has 1 fully saturated rings. The van der Waals surface area contributed by atoms with Crippen LogP contribution in [0.1, 0.15) is 26.2 Å². The van der Waals surface area contributed by atoms with Crippen molar-refractivity contribution in [2.24, 2.45) is 5.92 Å². The monoisotopic (exact) mass is 157 g/mol. The molecule has 1 saturated carbocycles. The van der Waals surface area contributed by atoms with Crippen LogP contribution >= 0.6 is 0 Å². The number of nitrogens with one attached hydrogen (secondary N) is 1. The fraction of sp³-hybridized carbons (Fsp3) is 1.00. The Balaban J connectivity index is 2.57. The molecule has 11 heavy (non-hydrogen) atoms. The van der Waals surface area contributed by atoms with Crippen LogP contribution in [0.3, 0.4) is 0 Å². The van der Waals surface area contributed by atoms with E-state index < -0.39 is 0 Å². The van der Waals surface area contributed by atoms with Gasteiger partial charge in [0.15, 0.2) is 0 Å². The molecule has 2 unspecified atom stereocenters. The van der Waals surface area contributed by atoms with Gasteiger partial charge in [0.2, 0.25) is 0 Å². The van der Waals surface area contributed by atoms with Gasteiger partial charge in [-0.3, -0.25) is 0 Å². The zero-order valence-corrected chi connectivity index (χ0v) is 7.81. The number of ether oxygens (including phenoxy) is 1. The maximum atomic E-state index is 5.59. The van der Waals surface area contributed by atoms with Crippen LogP contribution in [0.5, 0.6) is 0 Å². The Morgan fingerprint density at radius 3 is 2.73 bits per heavy atom. The summed E-state index contributed by atoms with van der Waals surface area (Å²) < 4.78 is 5.59. The Morgan fingerprint density at radius 2 is 2.36 bits per heavy atom. The average molecular weight is 157 g/mol. The second kappa shape index (κ2) is 3.55. The molecule has 0 aromatic carbocycles. The van der Waals surface area contributed by atoms with Gasteiger partial charge in [0, 0.05) is 13.7 Å². The van der Waals surface area contributed by atoms with E-state index in [1.54, 1.807) is 0 Å². The molecule has 0 amide bonds. The van der Waals surface area contributed by atoms with Crippen LogP contribution in [0, 0.1) is 5.92 Å². The van der Waals surface area contributed by atoms with Gasteiger partial charge in [-0.05, 0) is 25.8 Å². The molecule has 1 N–H and O–H groups in total. The molecule has 66 valence electrons. The first-order valence-corrected chi connectivity index (χ1v) is 4.45. The van der Waals surface area contributed by atoms with Crippen molar-refractivity contribution in [3.05, 3.63) is 0 Å². The highest BCUT2D eigenvalue weighted by atomic mass is 16.5. The fourth-order valence-electron chi connectivity index (χ4n) is 2.15. The molecular weight excluding hydrogens is 138 g/mol. The van der Waals surface area contributed by atoms with Gasteiger partial charge in [-0.2, -0.15) is 0 Å². The van der Waals surface area contributed by atoms with Crippen molar-refractivity contribution in [3.63, 3.8) is 0 Å². The quantitative estimate of drug-likeness (QED) is 0.669. The molecule has 0 bridgehead atoms. The van der Waals surface area contributed by atoms with Gasteiger partial charge in [0.05, 0.1) is 5.60 Å². The molecule has 2 atom stereocenters. The number of hydrogen-bond acceptors (Lipinski definition) is 2. The highest BCUT2D eigenvalue weighted by molar-refractivity contribution is 4.92. The predicted molar refractivity (Wildman–Crippen MR) is 46.7 cm³/mol. The number of methoxy groups -OCH3 is 1. The maximum absolute atomic E-state index is 5.59. The first kappa shape index (κ1) is 9.01. The summed E-state index contributed by atoms with van der Waals surface area (Å²) >= 11 is 0. The molecule has 2 heteroatoms. The zero-order chi connectivity index (χ0) is 8.32. The largest absolute Gasteiger partial charge is 0.377 e. The van der Waals surface area contributed by atoms with Crippen LogP contribution in [0.25, 0.3) is 0 Å². The molecule has 0 aromatic rings. The summed E-state index contributed by atoms with van der Waals surface area (Å²) in [5.74, 6) is 0.708. The maximum Gasteiger partial charge on any atom is 0.0827 e. The summed E-state index contributed by atoms with van der Waals surface area (Å²) in [4.78, 5) is 0. The third kappa shape index (κ3) is 1.57. The molecule has 2 nitrogen and oxygen atoms in total. The molecule has 0 saturated heterocycles. The van der Waals surface area contributed by atoms with Gasteiger partial charge in [-0.1, -0.05) is 13.3 Å². The molecule has 0 aliphatic heterocycles. The molecular formula is C9H19NO. The third-order valence-electron chi connectivity index (χ3n) is 3.02. The van der Waals surface area contributed by atoms with E-state index >= 15 is 0 Å². The van der Waals surface area contributed by atoms with Crippen molar-refractivity contribution >= 4 is 0 Å². The second-order valence-electron chi connectivity index (χ2n) is 3.59. The Labute approximate surface area is 69.3 Å². The van der Waals surface area contributed by atoms with E-state index in [0.29, 0.717) is 5.92 Å². The van der Waals surface area contributed by atoms with E-state index in [1.807, 2.05) is 14.2 Å². The third-order valence-corrected chi connectivity index (χ3v) is 3.02. The summed E-state index contributed by atoms with van der Waals surface area (Å²) in [5.41, 5.74) is 0.134. The van der Waals surface area contributed by atoms with Crippen molar-refractivity contribution in [1.29, 1.82) is 0 Å². The topological polar surface area (TPSA) is 21.3 Å².